The van der Waals surface area contributed by atoms with Crippen molar-refractivity contribution in [3.8, 4) is 5.75 Å². The van der Waals surface area contributed by atoms with E-state index in [1.54, 1.807) is 33.1 Å². The van der Waals surface area contributed by atoms with E-state index >= 15 is 0 Å². The van der Waals surface area contributed by atoms with Gasteiger partial charge in [-0.05, 0) is 49.2 Å². The van der Waals surface area contributed by atoms with Crippen molar-refractivity contribution >= 4 is 39.3 Å². The molecule has 2 aromatic carbocycles. The topological polar surface area (TPSA) is 70.4 Å². The van der Waals surface area contributed by atoms with Gasteiger partial charge in [0.2, 0.25) is 0 Å². The Kier molecular flexibility index (Phi) is 7.51. The van der Waals surface area contributed by atoms with Crippen molar-refractivity contribution in [2.24, 2.45) is 0 Å². The molecule has 6 nitrogen and oxygen atoms in total. The van der Waals surface area contributed by atoms with Crippen LogP contribution < -0.4 is 10.3 Å². The second kappa shape index (κ2) is 10.6. The lowest BCUT2D eigenvalue weighted by Gasteiger charge is -2.13. The molecule has 0 fully saturated rings. The zero-order valence-electron chi connectivity index (χ0n) is 19.3. The summed E-state index contributed by atoms with van der Waals surface area (Å²) in [6.45, 7) is 3.78. The molecule has 182 valence electrons. The third-order valence-electron chi connectivity index (χ3n) is 5.38. The number of esters is 1. The smallest absolute Gasteiger partial charge is 0.348 e. The minimum absolute atomic E-state index is 0.0614. The van der Waals surface area contributed by atoms with Gasteiger partial charge in [-0.1, -0.05) is 30.0 Å². The van der Waals surface area contributed by atoms with Crippen LogP contribution in [-0.4, -0.2) is 29.2 Å². The molecule has 0 aliphatic carbocycles. The summed E-state index contributed by atoms with van der Waals surface area (Å²) in [5, 5.41) is 0.616. The van der Waals surface area contributed by atoms with Crippen LogP contribution in [0.25, 0.3) is 10.2 Å². The molecule has 0 saturated carbocycles. The molecule has 0 spiro atoms. The van der Waals surface area contributed by atoms with E-state index in [1.807, 2.05) is 12.1 Å². The third kappa shape index (κ3) is 5.08. The summed E-state index contributed by atoms with van der Waals surface area (Å²) in [6, 6.07) is 10.9. The average molecular weight is 517 g/mol. The Hall–Kier alpha value is -3.24. The average Bonchev–Trinajstić information content (AvgIpc) is 3.18. The van der Waals surface area contributed by atoms with Gasteiger partial charge in [-0.25, -0.2) is 18.6 Å². The van der Waals surface area contributed by atoms with E-state index in [2.05, 4.69) is 4.98 Å². The summed E-state index contributed by atoms with van der Waals surface area (Å²) in [7, 11) is 1.56. The Balaban J connectivity index is 1.81. The molecular formula is C25H22F2N2O4S2. The predicted octanol–water partition coefficient (Wildman–Crippen LogP) is 5.57. The highest BCUT2D eigenvalue weighted by molar-refractivity contribution is 7.98. The minimum Gasteiger partial charge on any atom is -0.497 e. The molecule has 10 heteroatoms. The highest BCUT2D eigenvalue weighted by atomic mass is 32.2. The number of thiophene rings is 1. The third-order valence-corrected chi connectivity index (χ3v) is 7.55. The maximum Gasteiger partial charge on any atom is 0.348 e. The van der Waals surface area contributed by atoms with Gasteiger partial charge in [-0.3, -0.25) is 9.36 Å². The van der Waals surface area contributed by atoms with Crippen LogP contribution in [0.5, 0.6) is 5.75 Å². The zero-order chi connectivity index (χ0) is 25.1. The molecule has 0 N–H and O–H groups in total. The number of benzene rings is 2. The van der Waals surface area contributed by atoms with Gasteiger partial charge in [-0.2, -0.15) is 0 Å². The fourth-order valence-corrected chi connectivity index (χ4v) is 5.69. The Morgan fingerprint density at radius 1 is 1.14 bits per heavy atom. The van der Waals surface area contributed by atoms with E-state index in [1.165, 1.54) is 22.8 Å². The number of hydrogen-bond acceptors (Lipinski definition) is 7. The van der Waals surface area contributed by atoms with Crippen molar-refractivity contribution in [2.75, 3.05) is 13.7 Å². The Labute approximate surface area is 208 Å². The van der Waals surface area contributed by atoms with Gasteiger partial charge in [0.1, 0.15) is 27.1 Å². The SMILES string of the molecule is CCOC(=O)c1sc2nc(SCc3c(F)cccc3F)n(Cc3ccc(OC)cc3)c(=O)c2c1C. The molecule has 0 aliphatic rings. The van der Waals surface area contributed by atoms with Crippen LogP contribution in [-0.2, 0) is 17.0 Å². The van der Waals surface area contributed by atoms with Gasteiger partial charge in [0.25, 0.3) is 5.56 Å². The number of aryl methyl sites for hydroxylation is 1. The normalized spacial score (nSPS) is 11.1. The Morgan fingerprint density at radius 3 is 2.46 bits per heavy atom. The molecule has 0 saturated heterocycles. The van der Waals surface area contributed by atoms with Gasteiger partial charge in [0.15, 0.2) is 5.16 Å². The lowest BCUT2D eigenvalue weighted by Crippen LogP contribution is -2.24. The second-order valence-electron chi connectivity index (χ2n) is 7.58. The predicted molar refractivity (Wildman–Crippen MR) is 133 cm³/mol. The van der Waals surface area contributed by atoms with E-state index in [0.29, 0.717) is 26.4 Å². The number of hydrogen-bond donors (Lipinski definition) is 0. The van der Waals surface area contributed by atoms with E-state index in [0.717, 1.165) is 28.7 Å². The Bertz CT molecular complexity index is 1430. The van der Waals surface area contributed by atoms with E-state index < -0.39 is 17.6 Å². The molecule has 0 amide bonds. The van der Waals surface area contributed by atoms with Crippen molar-refractivity contribution in [1.29, 1.82) is 0 Å². The number of halogens is 2. The number of ether oxygens (including phenoxy) is 2. The number of aromatic nitrogens is 2. The lowest BCUT2D eigenvalue weighted by atomic mass is 10.2. The summed E-state index contributed by atoms with van der Waals surface area (Å²) >= 11 is 2.13. The summed E-state index contributed by atoms with van der Waals surface area (Å²) in [5.41, 5.74) is 0.872. The first-order valence-corrected chi connectivity index (χ1v) is 12.5. The van der Waals surface area contributed by atoms with Crippen LogP contribution in [0.2, 0.25) is 0 Å². The number of nitrogens with zero attached hydrogens (tertiary/aromatic N) is 2. The number of rotatable bonds is 8. The van der Waals surface area contributed by atoms with Crippen LogP contribution >= 0.6 is 23.1 Å². The summed E-state index contributed by atoms with van der Waals surface area (Å²) in [5.74, 6) is -1.24. The number of methoxy groups -OCH3 is 1. The quantitative estimate of drug-likeness (QED) is 0.173. The van der Waals surface area contributed by atoms with Gasteiger partial charge < -0.3 is 9.47 Å². The van der Waals surface area contributed by atoms with Crippen molar-refractivity contribution in [1.82, 2.24) is 9.55 Å². The van der Waals surface area contributed by atoms with Gasteiger partial charge in [0.05, 0.1) is 25.6 Å². The first-order chi connectivity index (χ1) is 16.8. The van der Waals surface area contributed by atoms with Crippen molar-refractivity contribution in [3.63, 3.8) is 0 Å². The maximum absolute atomic E-state index is 14.2. The Morgan fingerprint density at radius 2 is 1.83 bits per heavy atom. The van der Waals surface area contributed by atoms with Gasteiger partial charge in [0, 0.05) is 11.3 Å². The molecule has 0 radical (unpaired) electrons. The second-order valence-corrected chi connectivity index (χ2v) is 9.52. The highest BCUT2D eigenvalue weighted by Crippen LogP contribution is 2.31. The van der Waals surface area contributed by atoms with E-state index in [4.69, 9.17) is 9.47 Å². The molecular weight excluding hydrogens is 494 g/mol. The molecule has 0 atom stereocenters. The van der Waals surface area contributed by atoms with Crippen molar-refractivity contribution < 1.29 is 23.0 Å². The monoisotopic (exact) mass is 516 g/mol. The first-order valence-electron chi connectivity index (χ1n) is 10.7. The van der Waals surface area contributed by atoms with Crippen molar-refractivity contribution in [2.45, 2.75) is 31.3 Å². The molecule has 2 aromatic heterocycles. The summed E-state index contributed by atoms with van der Waals surface area (Å²) < 4.78 is 40.2. The molecule has 4 rings (SSSR count). The van der Waals surface area contributed by atoms with Gasteiger partial charge in [-0.15, -0.1) is 11.3 Å². The highest BCUT2D eigenvalue weighted by Gasteiger charge is 2.23. The maximum atomic E-state index is 14.2. The molecule has 0 bridgehead atoms. The molecule has 0 aliphatic heterocycles. The number of carbonyl (C=O) groups is 1. The van der Waals surface area contributed by atoms with E-state index in [-0.39, 0.29) is 35.2 Å². The van der Waals surface area contributed by atoms with Crippen molar-refractivity contribution in [3.05, 3.63) is 86.0 Å². The molecule has 35 heavy (non-hydrogen) atoms. The zero-order valence-corrected chi connectivity index (χ0v) is 20.9. The molecule has 2 heterocycles. The lowest BCUT2D eigenvalue weighted by molar-refractivity contribution is 0.0531. The minimum atomic E-state index is -0.667. The van der Waals surface area contributed by atoms with Crippen LogP contribution in [0.1, 0.15) is 33.3 Å². The fourth-order valence-electron chi connectivity index (χ4n) is 3.56. The standard InChI is InChI=1S/C25H22F2N2O4S2/c1-4-33-24(31)21-14(2)20-22(35-21)28-25(34-13-17-18(26)6-5-7-19(17)27)29(23(20)30)12-15-8-10-16(32-3)11-9-15/h5-11H,4,12-13H2,1-3H3. The number of thioether (sulfide) groups is 1. The first kappa shape index (κ1) is 24.9. The molecule has 4 aromatic rings. The van der Waals surface area contributed by atoms with Gasteiger partial charge >= 0.3 is 5.97 Å². The van der Waals surface area contributed by atoms with Crippen LogP contribution in [0, 0.1) is 18.6 Å². The number of carbonyl (C=O) groups excluding carboxylic acids is 1. The van der Waals surface area contributed by atoms with Crippen LogP contribution in [0.4, 0.5) is 8.78 Å². The van der Waals surface area contributed by atoms with Crippen LogP contribution in [0.15, 0.2) is 52.4 Å². The fraction of sp³-hybridized carbons (Fsp3) is 0.240. The number of fused-ring (bicyclic) bond motifs is 1. The van der Waals surface area contributed by atoms with E-state index in [9.17, 15) is 18.4 Å². The van der Waals surface area contributed by atoms with Crippen LogP contribution in [0.3, 0.4) is 0 Å². The summed E-state index contributed by atoms with van der Waals surface area (Å²) in [6.07, 6.45) is 0. The summed E-state index contributed by atoms with van der Waals surface area (Å²) in [4.78, 5) is 31.3. The molecule has 0 unspecified atom stereocenters. The largest absolute Gasteiger partial charge is 0.497 e.